The zero-order chi connectivity index (χ0) is 22.1. The minimum absolute atomic E-state index is 0.0607. The molecule has 0 unspecified atom stereocenters. The number of likely N-dealkylation sites (tertiary alicyclic amines) is 1. The first-order valence-electron chi connectivity index (χ1n) is 11.3. The smallest absolute Gasteiger partial charge is 0.314 e. The predicted octanol–water partition coefficient (Wildman–Crippen LogP) is 3.75. The van der Waals surface area contributed by atoms with Gasteiger partial charge in [0.05, 0.1) is 18.1 Å². The highest BCUT2D eigenvalue weighted by molar-refractivity contribution is 5.84. The Kier molecular flexibility index (Phi) is 8.24. The lowest BCUT2D eigenvalue weighted by molar-refractivity contribution is -0.161. The average molecular weight is 423 g/mol. The van der Waals surface area contributed by atoms with Crippen molar-refractivity contribution in [2.24, 2.45) is 11.1 Å². The molecule has 2 aromatic rings. The quantitative estimate of drug-likeness (QED) is 0.625. The predicted molar refractivity (Wildman–Crippen MR) is 122 cm³/mol. The maximum absolute atomic E-state index is 13.1. The molecule has 0 aromatic heterocycles. The lowest BCUT2D eigenvalue weighted by Gasteiger charge is -2.42. The molecule has 0 saturated carbocycles. The zero-order valence-electron chi connectivity index (χ0n) is 18.5. The fourth-order valence-corrected chi connectivity index (χ4v) is 4.50. The van der Waals surface area contributed by atoms with Gasteiger partial charge < -0.3 is 15.4 Å². The molecule has 1 aliphatic heterocycles. The maximum atomic E-state index is 13.1. The van der Waals surface area contributed by atoms with Crippen LogP contribution in [0.25, 0.3) is 0 Å². The van der Waals surface area contributed by atoms with Gasteiger partial charge in [0.25, 0.3) is 0 Å². The summed E-state index contributed by atoms with van der Waals surface area (Å²) >= 11 is 0. The molecule has 1 saturated heterocycles. The molecular formula is C26H34N2O3. The number of hydrogen-bond donors (Lipinski definition) is 1. The molecule has 1 aliphatic rings. The Balaban J connectivity index is 1.64. The molecule has 2 atom stereocenters. The molecule has 2 aromatic carbocycles. The van der Waals surface area contributed by atoms with Crippen molar-refractivity contribution < 1.29 is 14.3 Å². The van der Waals surface area contributed by atoms with E-state index in [1.807, 2.05) is 55.5 Å². The van der Waals surface area contributed by atoms with Crippen LogP contribution in [0.2, 0.25) is 0 Å². The van der Waals surface area contributed by atoms with Crippen LogP contribution in [-0.2, 0) is 27.2 Å². The second-order valence-corrected chi connectivity index (χ2v) is 8.51. The van der Waals surface area contributed by atoms with Crippen LogP contribution in [0, 0.1) is 5.41 Å². The number of ether oxygens (including phenoxy) is 1. The number of esters is 1. The Morgan fingerprint density at radius 3 is 2.35 bits per heavy atom. The van der Waals surface area contributed by atoms with Gasteiger partial charge in [0.15, 0.2) is 0 Å². The number of carbonyl (C=O) groups is 2. The van der Waals surface area contributed by atoms with Crippen LogP contribution in [0.1, 0.15) is 43.7 Å². The zero-order valence-corrected chi connectivity index (χ0v) is 18.5. The summed E-state index contributed by atoms with van der Waals surface area (Å²) in [6, 6.07) is 19.7. The molecule has 2 N–H and O–H groups in total. The normalized spacial score (nSPS) is 19.6. The number of amides is 1. The highest BCUT2D eigenvalue weighted by Crippen LogP contribution is 2.35. The fourth-order valence-electron chi connectivity index (χ4n) is 4.50. The van der Waals surface area contributed by atoms with Gasteiger partial charge in [-0.25, -0.2) is 0 Å². The van der Waals surface area contributed by atoms with Crippen molar-refractivity contribution in [2.45, 2.75) is 51.5 Å². The Hall–Kier alpha value is -2.66. The second kappa shape index (κ2) is 11.1. The van der Waals surface area contributed by atoms with Gasteiger partial charge in [0, 0.05) is 13.1 Å². The lowest BCUT2D eigenvalue weighted by atomic mass is 9.75. The number of nitrogens with two attached hydrogens (primary N) is 1. The Morgan fingerprint density at radius 2 is 1.71 bits per heavy atom. The van der Waals surface area contributed by atoms with E-state index in [4.69, 9.17) is 10.5 Å². The molecular weight excluding hydrogens is 388 g/mol. The van der Waals surface area contributed by atoms with Crippen molar-refractivity contribution in [3.05, 3.63) is 71.8 Å². The van der Waals surface area contributed by atoms with Gasteiger partial charge in [-0.1, -0.05) is 60.7 Å². The van der Waals surface area contributed by atoms with Crippen molar-refractivity contribution in [2.75, 3.05) is 19.7 Å². The summed E-state index contributed by atoms with van der Waals surface area (Å²) in [5.74, 6) is -0.275. The number of piperidine rings is 1. The van der Waals surface area contributed by atoms with E-state index in [2.05, 4.69) is 12.1 Å². The minimum Gasteiger partial charge on any atom is -0.466 e. The van der Waals surface area contributed by atoms with E-state index >= 15 is 0 Å². The van der Waals surface area contributed by atoms with Crippen LogP contribution in [0.15, 0.2) is 60.7 Å². The van der Waals surface area contributed by atoms with Crippen molar-refractivity contribution in [3.8, 4) is 0 Å². The van der Waals surface area contributed by atoms with Gasteiger partial charge in [-0.05, 0) is 56.6 Å². The van der Waals surface area contributed by atoms with Gasteiger partial charge >= 0.3 is 5.97 Å². The molecule has 3 rings (SSSR count). The fraction of sp³-hybridized carbons (Fsp3) is 0.462. The summed E-state index contributed by atoms with van der Waals surface area (Å²) < 4.78 is 5.45. The van der Waals surface area contributed by atoms with Gasteiger partial charge in [0.2, 0.25) is 5.91 Å². The molecule has 0 spiro atoms. The monoisotopic (exact) mass is 422 g/mol. The molecule has 1 fully saturated rings. The SMILES string of the molecule is CCOC(=O)[C@]1(Cc2ccccc2)CCCN(C(=O)[C@H](N)CCCc2ccccc2)C1. The number of carbonyl (C=O) groups excluding carboxylic acids is 2. The van der Waals surface area contributed by atoms with Gasteiger partial charge in [-0.2, -0.15) is 0 Å². The number of hydrogen-bond acceptors (Lipinski definition) is 4. The summed E-state index contributed by atoms with van der Waals surface area (Å²) in [6.45, 7) is 3.16. The first kappa shape index (κ1) is 23.0. The molecule has 0 radical (unpaired) electrons. The highest BCUT2D eigenvalue weighted by atomic mass is 16.5. The van der Waals surface area contributed by atoms with Crippen LogP contribution < -0.4 is 5.73 Å². The highest BCUT2D eigenvalue weighted by Gasteiger charge is 2.45. The van der Waals surface area contributed by atoms with E-state index in [0.717, 1.165) is 24.8 Å². The summed E-state index contributed by atoms with van der Waals surface area (Å²) in [5.41, 5.74) is 7.90. The van der Waals surface area contributed by atoms with E-state index in [-0.39, 0.29) is 11.9 Å². The van der Waals surface area contributed by atoms with E-state index in [0.29, 0.717) is 39.0 Å². The topological polar surface area (TPSA) is 72.6 Å². The number of nitrogens with zero attached hydrogens (tertiary/aromatic N) is 1. The minimum atomic E-state index is -0.713. The van der Waals surface area contributed by atoms with E-state index < -0.39 is 11.5 Å². The summed E-state index contributed by atoms with van der Waals surface area (Å²) in [6.07, 6.45) is 4.46. The first-order valence-corrected chi connectivity index (χ1v) is 11.3. The van der Waals surface area contributed by atoms with Crippen LogP contribution in [-0.4, -0.2) is 42.5 Å². The van der Waals surface area contributed by atoms with E-state index in [1.165, 1.54) is 5.56 Å². The van der Waals surface area contributed by atoms with Gasteiger partial charge in [-0.15, -0.1) is 0 Å². The number of benzene rings is 2. The lowest BCUT2D eigenvalue weighted by Crippen LogP contribution is -2.55. The van der Waals surface area contributed by atoms with Crippen LogP contribution in [0.4, 0.5) is 0 Å². The van der Waals surface area contributed by atoms with E-state index in [9.17, 15) is 9.59 Å². The van der Waals surface area contributed by atoms with Crippen molar-refractivity contribution in [3.63, 3.8) is 0 Å². The van der Waals surface area contributed by atoms with Crippen LogP contribution in [0.3, 0.4) is 0 Å². The van der Waals surface area contributed by atoms with Gasteiger partial charge in [0.1, 0.15) is 0 Å². The van der Waals surface area contributed by atoms with Crippen molar-refractivity contribution in [1.29, 1.82) is 0 Å². The van der Waals surface area contributed by atoms with E-state index in [1.54, 1.807) is 4.90 Å². The third-order valence-corrected chi connectivity index (χ3v) is 6.12. The molecule has 31 heavy (non-hydrogen) atoms. The number of rotatable bonds is 9. The summed E-state index contributed by atoms with van der Waals surface area (Å²) in [5, 5.41) is 0. The van der Waals surface area contributed by atoms with Crippen LogP contribution in [0.5, 0.6) is 0 Å². The van der Waals surface area contributed by atoms with Crippen molar-refractivity contribution in [1.82, 2.24) is 4.90 Å². The molecule has 5 nitrogen and oxygen atoms in total. The molecule has 1 heterocycles. The number of aryl methyl sites for hydroxylation is 1. The third kappa shape index (κ3) is 6.17. The average Bonchev–Trinajstić information content (AvgIpc) is 2.80. The first-order chi connectivity index (χ1) is 15.0. The third-order valence-electron chi connectivity index (χ3n) is 6.12. The Bertz CT molecular complexity index is 840. The van der Waals surface area contributed by atoms with Crippen molar-refractivity contribution >= 4 is 11.9 Å². The Labute approximate surface area is 185 Å². The maximum Gasteiger partial charge on any atom is 0.314 e. The van der Waals surface area contributed by atoms with Gasteiger partial charge in [-0.3, -0.25) is 9.59 Å². The molecule has 166 valence electrons. The summed E-state index contributed by atoms with van der Waals surface area (Å²) in [7, 11) is 0. The molecule has 1 amide bonds. The molecule has 0 aliphatic carbocycles. The molecule has 5 heteroatoms. The largest absolute Gasteiger partial charge is 0.466 e. The summed E-state index contributed by atoms with van der Waals surface area (Å²) in [4.78, 5) is 27.9. The standard InChI is InChI=1S/C26H34N2O3/c1-2-31-25(30)26(19-22-13-7-4-8-14-22)17-10-18-28(20-26)24(29)23(27)16-9-15-21-11-5-3-6-12-21/h3-8,11-14,23H,2,9-10,15-20,27H2,1H3/t23-,26+/m1/s1. The van der Waals surface area contributed by atoms with Crippen LogP contribution >= 0.6 is 0 Å². The second-order valence-electron chi connectivity index (χ2n) is 8.51. The Morgan fingerprint density at radius 1 is 1.06 bits per heavy atom. The molecule has 0 bridgehead atoms.